The molecule has 23 heavy (non-hydrogen) atoms. The van der Waals surface area contributed by atoms with Crippen LogP contribution in [0.3, 0.4) is 0 Å². The van der Waals surface area contributed by atoms with Crippen molar-refractivity contribution >= 4 is 23.7 Å². The van der Waals surface area contributed by atoms with Crippen LogP contribution in [0, 0.1) is 0 Å². The molecule has 0 amide bonds. The molecule has 128 valence electrons. The molecule has 0 fully saturated rings. The molecule has 4 nitrogen and oxygen atoms in total. The van der Waals surface area contributed by atoms with Gasteiger partial charge in [0.1, 0.15) is 6.61 Å². The van der Waals surface area contributed by atoms with E-state index in [1.54, 1.807) is 18.3 Å². The van der Waals surface area contributed by atoms with E-state index in [0.717, 1.165) is 17.1 Å². The summed E-state index contributed by atoms with van der Waals surface area (Å²) in [5, 5.41) is 14.5. The zero-order valence-electron chi connectivity index (χ0n) is 13.5. The molecule has 2 aromatic rings. The zero-order valence-corrected chi connectivity index (χ0v) is 15.1. The van der Waals surface area contributed by atoms with E-state index in [-0.39, 0.29) is 18.5 Å². The molecule has 0 saturated carbocycles. The first-order valence-corrected chi connectivity index (χ1v) is 8.36. The lowest BCUT2D eigenvalue weighted by Gasteiger charge is -2.14. The average molecular weight is 358 g/mol. The zero-order chi connectivity index (χ0) is 15.8. The minimum Gasteiger partial charge on any atom is -0.490 e. The molecule has 1 aromatic heterocycles. The molecule has 0 bridgehead atoms. The molecular weight excluding hydrogens is 334 g/mol. The second-order valence-electron chi connectivity index (χ2n) is 5.06. The molecule has 0 aliphatic carbocycles. The monoisotopic (exact) mass is 357 g/mol. The summed E-state index contributed by atoms with van der Waals surface area (Å²) < 4.78 is 11.5. The first-order chi connectivity index (χ1) is 10.7. The highest BCUT2D eigenvalue weighted by molar-refractivity contribution is 7.09. The van der Waals surface area contributed by atoms with E-state index >= 15 is 0 Å². The molecule has 2 N–H and O–H groups in total. The SMILES string of the molecule is CCOc1cc(CNCC(C)O)ccc1OCc1cccs1.Cl. The van der Waals surface area contributed by atoms with E-state index in [9.17, 15) is 5.11 Å². The van der Waals surface area contributed by atoms with Crippen molar-refractivity contribution in [1.29, 1.82) is 0 Å². The maximum absolute atomic E-state index is 9.27. The van der Waals surface area contributed by atoms with Crippen LogP contribution in [-0.4, -0.2) is 24.4 Å². The Labute approximate surface area is 147 Å². The molecule has 0 saturated heterocycles. The van der Waals surface area contributed by atoms with E-state index in [4.69, 9.17) is 9.47 Å². The summed E-state index contributed by atoms with van der Waals surface area (Å²) in [6, 6.07) is 10.0. The number of aliphatic hydroxyl groups is 1. The van der Waals surface area contributed by atoms with Crippen LogP contribution in [0.15, 0.2) is 35.7 Å². The third-order valence-corrected chi connectivity index (χ3v) is 3.88. The molecule has 0 aliphatic rings. The Morgan fingerprint density at radius 1 is 1.22 bits per heavy atom. The van der Waals surface area contributed by atoms with E-state index in [0.29, 0.717) is 26.3 Å². The number of hydrogen-bond acceptors (Lipinski definition) is 5. The van der Waals surface area contributed by atoms with Gasteiger partial charge in [-0.25, -0.2) is 0 Å². The van der Waals surface area contributed by atoms with Crippen LogP contribution in [0.5, 0.6) is 11.5 Å². The highest BCUT2D eigenvalue weighted by Gasteiger charge is 2.07. The molecule has 6 heteroatoms. The summed E-state index contributed by atoms with van der Waals surface area (Å²) in [4.78, 5) is 1.19. The summed E-state index contributed by atoms with van der Waals surface area (Å²) in [6.45, 7) is 6.13. The third-order valence-electron chi connectivity index (χ3n) is 3.03. The number of nitrogens with one attached hydrogen (secondary N) is 1. The Balaban J connectivity index is 0.00000264. The lowest BCUT2D eigenvalue weighted by atomic mass is 10.2. The minimum absolute atomic E-state index is 0. The number of hydrogen-bond donors (Lipinski definition) is 2. The highest BCUT2D eigenvalue weighted by atomic mass is 35.5. The van der Waals surface area contributed by atoms with Crippen LogP contribution in [-0.2, 0) is 13.2 Å². The van der Waals surface area contributed by atoms with Crippen molar-refractivity contribution in [2.75, 3.05) is 13.2 Å². The fraction of sp³-hybridized carbons (Fsp3) is 0.412. The number of rotatable bonds is 9. The van der Waals surface area contributed by atoms with E-state index in [1.807, 2.05) is 36.6 Å². The number of thiophene rings is 1. The number of benzene rings is 1. The van der Waals surface area contributed by atoms with Crippen molar-refractivity contribution in [1.82, 2.24) is 5.32 Å². The van der Waals surface area contributed by atoms with Crippen molar-refractivity contribution in [3.8, 4) is 11.5 Å². The molecule has 0 aliphatic heterocycles. The lowest BCUT2D eigenvalue weighted by Crippen LogP contribution is -2.23. The van der Waals surface area contributed by atoms with Crippen molar-refractivity contribution in [3.05, 3.63) is 46.2 Å². The standard InChI is InChI=1S/C17H23NO3S.ClH/c1-3-20-17-9-14(11-18-10-13(2)19)6-7-16(17)21-12-15-5-4-8-22-15;/h4-9,13,18-19H,3,10-12H2,1-2H3;1H. The topological polar surface area (TPSA) is 50.7 Å². The molecule has 2 rings (SSSR count). The summed E-state index contributed by atoms with van der Waals surface area (Å²) in [7, 11) is 0. The fourth-order valence-electron chi connectivity index (χ4n) is 2.02. The second kappa shape index (κ2) is 10.5. The summed E-state index contributed by atoms with van der Waals surface area (Å²) in [5.74, 6) is 1.52. The molecule has 1 heterocycles. The van der Waals surface area contributed by atoms with Gasteiger partial charge in [0.15, 0.2) is 11.5 Å². The Morgan fingerprint density at radius 3 is 2.70 bits per heavy atom. The Morgan fingerprint density at radius 2 is 2.04 bits per heavy atom. The van der Waals surface area contributed by atoms with Gasteiger partial charge in [0, 0.05) is 18.0 Å². The number of aliphatic hydroxyl groups excluding tert-OH is 1. The lowest BCUT2D eigenvalue weighted by molar-refractivity contribution is 0.191. The van der Waals surface area contributed by atoms with Gasteiger partial charge in [-0.2, -0.15) is 0 Å². The normalized spacial score (nSPS) is 11.6. The van der Waals surface area contributed by atoms with Crippen LogP contribution in [0.25, 0.3) is 0 Å². The Bertz CT molecular complexity index is 561. The third kappa shape index (κ3) is 6.79. The first kappa shape index (κ1) is 19.8. The summed E-state index contributed by atoms with van der Waals surface area (Å²) in [5.41, 5.74) is 1.10. The minimum atomic E-state index is -0.347. The van der Waals surface area contributed by atoms with Crippen molar-refractivity contribution in [3.63, 3.8) is 0 Å². The predicted octanol–water partition coefficient (Wildman–Crippen LogP) is 3.62. The molecular formula is C17H24ClNO3S. The van der Waals surface area contributed by atoms with Crippen molar-refractivity contribution in [2.24, 2.45) is 0 Å². The largest absolute Gasteiger partial charge is 0.490 e. The fourth-order valence-corrected chi connectivity index (χ4v) is 2.63. The number of halogens is 1. The smallest absolute Gasteiger partial charge is 0.161 e. The second-order valence-corrected chi connectivity index (χ2v) is 6.09. The van der Waals surface area contributed by atoms with Crippen molar-refractivity contribution in [2.45, 2.75) is 33.1 Å². The van der Waals surface area contributed by atoms with Crippen LogP contribution in [0.2, 0.25) is 0 Å². The van der Waals surface area contributed by atoms with E-state index in [1.165, 1.54) is 4.88 Å². The average Bonchev–Trinajstić information content (AvgIpc) is 3.00. The van der Waals surface area contributed by atoms with Crippen molar-refractivity contribution < 1.29 is 14.6 Å². The molecule has 1 unspecified atom stereocenters. The van der Waals surface area contributed by atoms with Gasteiger partial charge in [-0.15, -0.1) is 23.7 Å². The van der Waals surface area contributed by atoms with Gasteiger partial charge in [-0.3, -0.25) is 0 Å². The van der Waals surface area contributed by atoms with Gasteiger partial charge >= 0.3 is 0 Å². The predicted molar refractivity (Wildman–Crippen MR) is 96.9 cm³/mol. The summed E-state index contributed by atoms with van der Waals surface area (Å²) in [6.07, 6.45) is -0.347. The van der Waals surface area contributed by atoms with Gasteiger partial charge < -0.3 is 19.9 Å². The first-order valence-electron chi connectivity index (χ1n) is 7.48. The van der Waals surface area contributed by atoms with Gasteiger partial charge in [-0.05, 0) is 43.0 Å². The quantitative estimate of drug-likeness (QED) is 0.719. The van der Waals surface area contributed by atoms with Crippen LogP contribution in [0.1, 0.15) is 24.3 Å². The van der Waals surface area contributed by atoms with Crippen LogP contribution >= 0.6 is 23.7 Å². The Hall–Kier alpha value is -1.27. The van der Waals surface area contributed by atoms with Crippen LogP contribution < -0.4 is 14.8 Å². The highest BCUT2D eigenvalue weighted by Crippen LogP contribution is 2.29. The van der Waals surface area contributed by atoms with Gasteiger partial charge in [0.25, 0.3) is 0 Å². The Kier molecular flexibility index (Phi) is 9.02. The maximum Gasteiger partial charge on any atom is 0.161 e. The molecule has 1 aromatic carbocycles. The van der Waals surface area contributed by atoms with E-state index in [2.05, 4.69) is 11.4 Å². The maximum atomic E-state index is 9.27. The number of ether oxygens (including phenoxy) is 2. The van der Waals surface area contributed by atoms with Gasteiger partial charge in [-0.1, -0.05) is 12.1 Å². The van der Waals surface area contributed by atoms with Gasteiger partial charge in [0.05, 0.1) is 12.7 Å². The van der Waals surface area contributed by atoms with E-state index < -0.39 is 0 Å². The van der Waals surface area contributed by atoms with Crippen LogP contribution in [0.4, 0.5) is 0 Å². The molecule has 1 atom stereocenters. The summed E-state index contributed by atoms with van der Waals surface area (Å²) >= 11 is 1.68. The van der Waals surface area contributed by atoms with Gasteiger partial charge in [0.2, 0.25) is 0 Å². The molecule has 0 spiro atoms. The molecule has 0 radical (unpaired) electrons.